The van der Waals surface area contributed by atoms with Gasteiger partial charge in [-0.25, -0.2) is 9.59 Å². The summed E-state index contributed by atoms with van der Waals surface area (Å²) >= 11 is 0. The van der Waals surface area contributed by atoms with Gasteiger partial charge in [-0.2, -0.15) is 34.8 Å². The summed E-state index contributed by atoms with van der Waals surface area (Å²) in [4.78, 5) is 22.0. The fourth-order valence-electron chi connectivity index (χ4n) is 5.75. The first-order valence-electron chi connectivity index (χ1n) is 17.0. The highest BCUT2D eigenvalue weighted by atomic mass is 32.2. The van der Waals surface area contributed by atoms with Crippen molar-refractivity contribution >= 4 is 17.7 Å². The Labute approximate surface area is 329 Å². The van der Waals surface area contributed by atoms with Crippen molar-refractivity contribution < 1.29 is 75.3 Å². The zero-order valence-electron chi connectivity index (χ0n) is 29.8. The van der Waals surface area contributed by atoms with E-state index in [2.05, 4.69) is 0 Å². The third-order valence-electron chi connectivity index (χ3n) is 8.50. The Kier molecular flexibility index (Phi) is 12.6. The van der Waals surface area contributed by atoms with E-state index >= 15 is 0 Å². The summed E-state index contributed by atoms with van der Waals surface area (Å²) < 4.78 is 169. The average molecular weight is 871 g/mol. The predicted octanol–water partition coefficient (Wildman–Crippen LogP) is 9.37. The van der Waals surface area contributed by atoms with Crippen molar-refractivity contribution in [3.8, 4) is 28.4 Å². The fraction of sp³-hybridized carbons (Fsp3) is 0.211. The van der Waals surface area contributed by atoms with E-state index in [4.69, 9.17) is 31.5 Å². The van der Waals surface area contributed by atoms with E-state index in [9.17, 15) is 53.5 Å². The number of halogens is 6. The molecule has 2 aromatic heterocycles. The maximum Gasteiger partial charge on any atom is 0.519 e. The highest BCUT2D eigenvalue weighted by Crippen LogP contribution is 2.58. The number of alkyl halides is 6. The number of benzene rings is 4. The van der Waals surface area contributed by atoms with E-state index in [0.717, 1.165) is 24.3 Å². The summed E-state index contributed by atoms with van der Waals surface area (Å²) in [6.45, 7) is -2.26. The molecule has 0 radical (unpaired) electrons. The summed E-state index contributed by atoms with van der Waals surface area (Å²) in [5, 5.41) is 0. The zero-order valence-corrected chi connectivity index (χ0v) is 31.6. The molecule has 0 fully saturated rings. The van der Waals surface area contributed by atoms with Gasteiger partial charge in [-0.05, 0) is 42.0 Å². The molecule has 312 valence electrons. The number of rotatable bonds is 16. The lowest BCUT2D eigenvalue weighted by Gasteiger charge is -2.28. The average Bonchev–Trinajstić information content (AvgIpc) is 3.76. The Hall–Kier alpha value is -5.66. The van der Waals surface area contributed by atoms with Crippen LogP contribution < -0.4 is 16.4 Å². The van der Waals surface area contributed by atoms with Gasteiger partial charge in [0.25, 0.3) is 10.1 Å². The van der Waals surface area contributed by atoms with Crippen LogP contribution in [-0.4, -0.2) is 24.1 Å². The van der Waals surface area contributed by atoms with Gasteiger partial charge in [0.2, 0.25) is 0 Å². The van der Waals surface area contributed by atoms with Crippen LogP contribution in [0.2, 0.25) is 0 Å². The normalized spacial score (nSPS) is 13.6. The van der Waals surface area contributed by atoms with E-state index in [1.165, 1.54) is 0 Å². The Balaban J connectivity index is 1.38. The van der Waals surface area contributed by atoms with Crippen LogP contribution >= 0.6 is 7.60 Å². The summed E-state index contributed by atoms with van der Waals surface area (Å²) in [6, 6.07) is 22.8. The monoisotopic (exact) mass is 870 g/mol. The van der Waals surface area contributed by atoms with E-state index in [1.54, 1.807) is 60.7 Å². The quantitative estimate of drug-likeness (QED) is 0.0551. The molecule has 0 saturated carbocycles. The number of hydrogen-bond donors (Lipinski definition) is 1. The Morgan fingerprint density at radius 2 is 1.05 bits per heavy atom. The molecule has 13 nitrogen and oxygen atoms in total. The predicted molar refractivity (Wildman–Crippen MR) is 194 cm³/mol. The molecule has 21 heteroatoms. The van der Waals surface area contributed by atoms with Crippen molar-refractivity contribution in [2.75, 3.05) is 0 Å². The van der Waals surface area contributed by atoms with Crippen LogP contribution in [0.4, 0.5) is 26.3 Å². The van der Waals surface area contributed by atoms with Crippen LogP contribution in [0, 0.1) is 0 Å². The van der Waals surface area contributed by atoms with E-state index in [1.807, 2.05) is 0 Å². The highest BCUT2D eigenvalue weighted by Gasteiger charge is 2.48. The molecule has 1 N–H and O–H groups in total. The highest BCUT2D eigenvalue weighted by molar-refractivity contribution is 7.94. The molecular weight excluding hydrogens is 841 g/mol. The maximum atomic E-state index is 15.0. The van der Waals surface area contributed by atoms with E-state index < -0.39 is 107 Å². The molecule has 0 aliphatic carbocycles. The lowest BCUT2D eigenvalue weighted by molar-refractivity contribution is -0.138. The van der Waals surface area contributed by atoms with Gasteiger partial charge < -0.3 is 22.4 Å². The Morgan fingerprint density at radius 1 is 0.627 bits per heavy atom. The van der Waals surface area contributed by atoms with Gasteiger partial charge >= 0.3 is 31.6 Å². The molecule has 2 unspecified atom stereocenters. The second-order valence-corrected chi connectivity index (χ2v) is 16.8. The third-order valence-corrected chi connectivity index (χ3v) is 12.9. The van der Waals surface area contributed by atoms with Crippen LogP contribution in [0.25, 0.3) is 22.6 Å². The number of hydrogen-bond acceptors (Lipinski definition) is 12. The molecule has 0 aliphatic rings. The lowest BCUT2D eigenvalue weighted by atomic mass is 10.1. The standard InChI is InChI=1S/C38H29F6O13PS/c39-37(40,41)26-15-11-24(12-16-26)33-30(54-35(45)56-33)21-51-58(47,52-22-31-34(57-36(46)55-31)25-13-17-27(18-14-25)38(42,43)44)32(59(48,49)50)20-29(19-23-7-3-1-4-8-23)53-28-9-5-2-6-10-28/h1-18,29,32H,19-22H2,(H,48,49,50). The minimum Gasteiger partial charge on any atom is -0.490 e. The molecule has 2 atom stereocenters. The van der Waals surface area contributed by atoms with Gasteiger partial charge in [0.15, 0.2) is 28.0 Å². The number of ether oxygens (including phenoxy) is 1. The van der Waals surface area contributed by atoms with E-state index in [-0.39, 0.29) is 23.3 Å². The molecule has 6 aromatic rings. The van der Waals surface area contributed by atoms with Crippen molar-refractivity contribution in [3.63, 3.8) is 0 Å². The topological polar surface area (TPSA) is 186 Å². The van der Waals surface area contributed by atoms with E-state index in [0.29, 0.717) is 29.8 Å². The molecule has 4 aromatic carbocycles. The van der Waals surface area contributed by atoms with Crippen molar-refractivity contribution in [3.05, 3.63) is 159 Å². The molecule has 0 aliphatic heterocycles. The zero-order chi connectivity index (χ0) is 42.6. The van der Waals surface area contributed by atoms with Gasteiger partial charge in [-0.3, -0.25) is 18.2 Å². The lowest BCUT2D eigenvalue weighted by Crippen LogP contribution is -2.32. The summed E-state index contributed by atoms with van der Waals surface area (Å²) in [7, 11) is -10.9. The molecule has 6 rings (SSSR count). The molecule has 2 heterocycles. The first-order chi connectivity index (χ1) is 27.8. The summed E-state index contributed by atoms with van der Waals surface area (Å²) in [5.74, 6) is -4.75. The molecule has 0 spiro atoms. The van der Waals surface area contributed by atoms with Crippen molar-refractivity contribution in [2.45, 2.75) is 49.5 Å². The molecule has 0 bridgehead atoms. The SMILES string of the molecule is O=c1oc(COP(=O)(OCc2oc(=O)oc2-c2ccc(C(F)(F)F)cc2)C(CC(Cc2ccccc2)Oc2ccccc2)S(=O)(=O)O)c(-c2ccc(C(F)(F)F)cc2)o1. The molecule has 0 amide bonds. The van der Waals surface area contributed by atoms with Gasteiger partial charge in [0.1, 0.15) is 25.1 Å². The van der Waals surface area contributed by atoms with Gasteiger partial charge in [-0.15, -0.1) is 0 Å². The summed E-state index contributed by atoms with van der Waals surface area (Å²) in [6.07, 6.45) is -11.5. The van der Waals surface area contributed by atoms with Crippen molar-refractivity contribution in [1.29, 1.82) is 0 Å². The van der Waals surface area contributed by atoms with Crippen LogP contribution in [-0.2, 0) is 55.7 Å². The van der Waals surface area contributed by atoms with Crippen LogP contribution in [0.15, 0.2) is 136 Å². The van der Waals surface area contributed by atoms with Gasteiger partial charge in [0, 0.05) is 24.0 Å². The molecule has 59 heavy (non-hydrogen) atoms. The largest absolute Gasteiger partial charge is 0.519 e. The maximum absolute atomic E-state index is 15.0. The first kappa shape index (κ1) is 42.9. The van der Waals surface area contributed by atoms with Crippen molar-refractivity contribution in [2.24, 2.45) is 0 Å². The Morgan fingerprint density at radius 3 is 1.46 bits per heavy atom. The Bertz CT molecular complexity index is 2460. The van der Waals surface area contributed by atoms with Crippen LogP contribution in [0.3, 0.4) is 0 Å². The minimum atomic E-state index is -5.50. The van der Waals surface area contributed by atoms with Gasteiger partial charge in [-0.1, -0.05) is 72.8 Å². The first-order valence-corrected chi connectivity index (χ1v) is 20.1. The third kappa shape index (κ3) is 10.9. The van der Waals surface area contributed by atoms with Crippen LogP contribution in [0.1, 0.15) is 34.6 Å². The molecular formula is C38H29F6O13PS. The van der Waals surface area contributed by atoms with Crippen molar-refractivity contribution in [1.82, 2.24) is 0 Å². The van der Waals surface area contributed by atoms with Gasteiger partial charge in [0.05, 0.1) is 11.1 Å². The smallest absolute Gasteiger partial charge is 0.490 e. The second-order valence-electron chi connectivity index (χ2n) is 12.6. The molecule has 0 saturated heterocycles. The summed E-state index contributed by atoms with van der Waals surface area (Å²) in [5.41, 5.74) is -1.79. The van der Waals surface area contributed by atoms with Crippen LogP contribution in [0.5, 0.6) is 5.75 Å². The minimum absolute atomic E-state index is 0.0366. The second kappa shape index (κ2) is 17.3. The fourth-order valence-corrected chi connectivity index (χ4v) is 9.37. The number of para-hydroxylation sites is 1.